The Morgan fingerprint density at radius 1 is 1.11 bits per heavy atom. The highest BCUT2D eigenvalue weighted by Gasteiger charge is 2.45. The van der Waals surface area contributed by atoms with Crippen LogP contribution in [0.4, 0.5) is 0 Å². The average molecular weight is 490 g/mol. The minimum Gasteiger partial charge on any atom is -0.486 e. The van der Waals surface area contributed by atoms with E-state index in [9.17, 15) is 0 Å². The zero-order chi connectivity index (χ0) is 23.6. The molecule has 35 heavy (non-hydrogen) atoms. The summed E-state index contributed by atoms with van der Waals surface area (Å²) in [5, 5.41) is 5.06. The average Bonchev–Trinajstić information content (AvgIpc) is 3.53. The van der Waals surface area contributed by atoms with E-state index in [0.29, 0.717) is 25.9 Å². The lowest BCUT2D eigenvalue weighted by Gasteiger charge is -2.46. The number of rotatable bonds is 4. The molecule has 2 fully saturated rings. The molecule has 3 aromatic rings. The van der Waals surface area contributed by atoms with Gasteiger partial charge in [0.25, 0.3) is 0 Å². The molecule has 2 aromatic heterocycles. The molecule has 0 amide bonds. The Kier molecular flexibility index (Phi) is 5.03. The van der Waals surface area contributed by atoms with E-state index in [4.69, 9.17) is 26.8 Å². The summed E-state index contributed by atoms with van der Waals surface area (Å²) in [6.45, 7) is 5.24. The third-order valence-corrected chi connectivity index (χ3v) is 8.78. The molecule has 1 aromatic carbocycles. The largest absolute Gasteiger partial charge is 0.486 e. The molecule has 8 heteroatoms. The van der Waals surface area contributed by atoms with Crippen LogP contribution in [0.2, 0.25) is 0 Å². The van der Waals surface area contributed by atoms with Crippen molar-refractivity contribution < 1.29 is 9.47 Å². The van der Waals surface area contributed by atoms with E-state index >= 15 is 0 Å². The van der Waals surface area contributed by atoms with E-state index in [1.165, 1.54) is 36.8 Å². The standard InChI is InChI=1S/C27H31N5O2S/c1-18-21-13-23-24(34-12-11-33-23)14-22(21)27(8-2-3-9-27)16-30(18)17-31-26(35)32(20-6-7-20)25(29-31)19-5-4-10-28-15-19/h4-5,10,13-15,18,20H,2-3,6-9,11-12,16-17H2,1H3/t18-/m0/s1. The van der Waals surface area contributed by atoms with Crippen molar-refractivity contribution in [1.29, 1.82) is 0 Å². The normalized spacial score (nSPS) is 22.9. The summed E-state index contributed by atoms with van der Waals surface area (Å²) in [6, 6.07) is 9.26. The molecule has 0 radical (unpaired) electrons. The van der Waals surface area contributed by atoms with Crippen LogP contribution in [0.15, 0.2) is 36.7 Å². The number of benzene rings is 1. The summed E-state index contributed by atoms with van der Waals surface area (Å²) < 4.78 is 17.1. The van der Waals surface area contributed by atoms with Gasteiger partial charge in [0, 0.05) is 42.0 Å². The Balaban J connectivity index is 1.28. The molecule has 1 atom stereocenters. The quantitative estimate of drug-likeness (QED) is 0.456. The zero-order valence-corrected chi connectivity index (χ0v) is 21.0. The van der Waals surface area contributed by atoms with Gasteiger partial charge in [0.1, 0.15) is 13.2 Å². The van der Waals surface area contributed by atoms with Crippen molar-refractivity contribution >= 4 is 12.2 Å². The minimum atomic E-state index is 0.158. The molecule has 4 heterocycles. The molecule has 2 saturated carbocycles. The van der Waals surface area contributed by atoms with Crippen molar-refractivity contribution in [2.75, 3.05) is 19.8 Å². The van der Waals surface area contributed by atoms with Crippen LogP contribution in [0.1, 0.15) is 68.7 Å². The van der Waals surface area contributed by atoms with Gasteiger partial charge in [-0.1, -0.05) is 12.8 Å². The number of nitrogens with zero attached hydrogens (tertiary/aromatic N) is 5. The van der Waals surface area contributed by atoms with Crippen molar-refractivity contribution in [3.05, 3.63) is 52.6 Å². The lowest BCUT2D eigenvalue weighted by molar-refractivity contribution is 0.0929. The van der Waals surface area contributed by atoms with Crippen LogP contribution in [-0.4, -0.2) is 44.0 Å². The highest BCUT2D eigenvalue weighted by molar-refractivity contribution is 7.71. The van der Waals surface area contributed by atoms with E-state index < -0.39 is 0 Å². The monoisotopic (exact) mass is 489 g/mol. The Bertz CT molecular complexity index is 1320. The van der Waals surface area contributed by atoms with Gasteiger partial charge in [-0.3, -0.25) is 14.5 Å². The number of hydrogen-bond donors (Lipinski definition) is 0. The second-order valence-corrected chi connectivity index (χ2v) is 10.9. The molecule has 7 nitrogen and oxygen atoms in total. The summed E-state index contributed by atoms with van der Waals surface area (Å²) in [5.74, 6) is 2.73. The maximum Gasteiger partial charge on any atom is 0.199 e. The number of pyridine rings is 1. The highest BCUT2D eigenvalue weighted by Crippen LogP contribution is 2.52. The van der Waals surface area contributed by atoms with Crippen molar-refractivity contribution in [2.45, 2.75) is 69.6 Å². The van der Waals surface area contributed by atoms with Gasteiger partial charge in [0.05, 0.1) is 6.67 Å². The Labute approximate surface area is 210 Å². The second-order valence-electron chi connectivity index (χ2n) is 10.6. The fraction of sp³-hybridized carbons (Fsp3) is 0.519. The Morgan fingerprint density at radius 3 is 2.60 bits per heavy atom. The van der Waals surface area contributed by atoms with Crippen LogP contribution in [-0.2, 0) is 12.1 Å². The molecular weight excluding hydrogens is 458 g/mol. The van der Waals surface area contributed by atoms with Crippen LogP contribution in [0.25, 0.3) is 11.4 Å². The van der Waals surface area contributed by atoms with E-state index in [-0.39, 0.29) is 11.5 Å². The smallest absolute Gasteiger partial charge is 0.199 e. The van der Waals surface area contributed by atoms with Gasteiger partial charge in [-0.2, -0.15) is 5.10 Å². The van der Waals surface area contributed by atoms with Gasteiger partial charge in [-0.25, -0.2) is 4.68 Å². The number of aromatic nitrogens is 4. The maximum atomic E-state index is 6.00. The summed E-state index contributed by atoms with van der Waals surface area (Å²) in [5.41, 5.74) is 4.01. The van der Waals surface area contributed by atoms with E-state index in [0.717, 1.165) is 47.0 Å². The van der Waals surface area contributed by atoms with Crippen LogP contribution in [0.5, 0.6) is 11.5 Å². The maximum absolute atomic E-state index is 6.00. The first-order valence-electron chi connectivity index (χ1n) is 12.9. The molecule has 7 rings (SSSR count). The third-order valence-electron chi connectivity index (χ3n) is 8.37. The van der Waals surface area contributed by atoms with Crippen LogP contribution < -0.4 is 9.47 Å². The topological polar surface area (TPSA) is 57.3 Å². The molecular formula is C27H31N5O2S. The number of hydrogen-bond acceptors (Lipinski definition) is 6. The van der Waals surface area contributed by atoms with Gasteiger partial charge in [-0.05, 0) is 80.2 Å². The van der Waals surface area contributed by atoms with Gasteiger partial charge in [-0.15, -0.1) is 0 Å². The van der Waals surface area contributed by atoms with Crippen molar-refractivity contribution in [2.24, 2.45) is 0 Å². The fourth-order valence-corrected chi connectivity index (χ4v) is 6.74. The van der Waals surface area contributed by atoms with Crippen molar-refractivity contribution in [3.8, 4) is 22.9 Å². The SMILES string of the molecule is C[C@H]1c2cc3c(cc2C2(CCCC2)CN1Cn1nc(-c2cccnc2)n(C2CC2)c1=S)OCCO3. The first-order chi connectivity index (χ1) is 17.1. The predicted octanol–water partition coefficient (Wildman–Crippen LogP) is 5.43. The number of fused-ring (bicyclic) bond motifs is 3. The van der Waals surface area contributed by atoms with E-state index in [1.54, 1.807) is 6.20 Å². The molecule has 182 valence electrons. The van der Waals surface area contributed by atoms with Crippen LogP contribution in [0.3, 0.4) is 0 Å². The Hall–Kier alpha value is -2.71. The summed E-state index contributed by atoms with van der Waals surface area (Å²) >= 11 is 6.00. The van der Waals surface area contributed by atoms with Gasteiger partial charge < -0.3 is 9.47 Å². The summed E-state index contributed by atoms with van der Waals surface area (Å²) in [6.07, 6.45) is 11.0. The highest BCUT2D eigenvalue weighted by atomic mass is 32.1. The molecule has 0 bridgehead atoms. The van der Waals surface area contributed by atoms with Gasteiger partial charge in [0.2, 0.25) is 0 Å². The zero-order valence-electron chi connectivity index (χ0n) is 20.2. The summed E-state index contributed by atoms with van der Waals surface area (Å²) in [7, 11) is 0. The lowest BCUT2D eigenvalue weighted by Crippen LogP contribution is -2.46. The first-order valence-corrected chi connectivity index (χ1v) is 13.3. The summed E-state index contributed by atoms with van der Waals surface area (Å²) in [4.78, 5) is 6.89. The fourth-order valence-electron chi connectivity index (χ4n) is 6.41. The van der Waals surface area contributed by atoms with Crippen molar-refractivity contribution in [1.82, 2.24) is 24.2 Å². The van der Waals surface area contributed by atoms with Crippen LogP contribution in [0, 0.1) is 4.77 Å². The molecule has 0 N–H and O–H groups in total. The van der Waals surface area contributed by atoms with Crippen molar-refractivity contribution in [3.63, 3.8) is 0 Å². The lowest BCUT2D eigenvalue weighted by atomic mass is 9.71. The molecule has 2 aliphatic heterocycles. The first kappa shape index (κ1) is 21.6. The second kappa shape index (κ2) is 8.17. The molecule has 1 spiro atoms. The minimum absolute atomic E-state index is 0.158. The number of ether oxygens (including phenoxy) is 2. The van der Waals surface area contributed by atoms with Crippen LogP contribution >= 0.6 is 12.2 Å². The Morgan fingerprint density at radius 2 is 1.89 bits per heavy atom. The molecule has 0 unspecified atom stereocenters. The predicted molar refractivity (Wildman–Crippen MR) is 135 cm³/mol. The molecule has 4 aliphatic rings. The molecule has 0 saturated heterocycles. The molecule has 2 aliphatic carbocycles. The van der Waals surface area contributed by atoms with E-state index in [1.807, 2.05) is 16.9 Å². The van der Waals surface area contributed by atoms with Gasteiger partial charge >= 0.3 is 0 Å². The van der Waals surface area contributed by atoms with Gasteiger partial charge in [0.15, 0.2) is 22.1 Å². The third kappa shape index (κ3) is 3.52. The van der Waals surface area contributed by atoms with E-state index in [2.05, 4.69) is 39.6 Å².